The van der Waals surface area contributed by atoms with Gasteiger partial charge in [0.15, 0.2) is 0 Å². The monoisotopic (exact) mass is 513 g/mol. The molecule has 0 unspecified atom stereocenters. The molecule has 0 saturated heterocycles. The van der Waals surface area contributed by atoms with E-state index in [2.05, 4.69) is 25.7 Å². The summed E-state index contributed by atoms with van der Waals surface area (Å²) in [6, 6.07) is 5.85. The molecule has 1 aliphatic heterocycles. The highest BCUT2D eigenvalue weighted by Gasteiger charge is 2.29. The number of primary amides is 1. The molecule has 0 saturated carbocycles. The van der Waals surface area contributed by atoms with Gasteiger partial charge in [-0.05, 0) is 56.0 Å². The van der Waals surface area contributed by atoms with Crippen LogP contribution >= 0.6 is 0 Å². The Morgan fingerprint density at radius 2 is 1.89 bits per heavy atom. The summed E-state index contributed by atoms with van der Waals surface area (Å²) in [6.45, 7) is 7.61. The van der Waals surface area contributed by atoms with Gasteiger partial charge in [-0.15, -0.1) is 0 Å². The predicted molar refractivity (Wildman–Crippen MR) is 142 cm³/mol. The first-order chi connectivity index (χ1) is 18.2. The van der Waals surface area contributed by atoms with Crippen LogP contribution in [0.25, 0.3) is 11.1 Å². The second kappa shape index (κ2) is 10.1. The highest BCUT2D eigenvalue weighted by Crippen LogP contribution is 2.34. The number of pyridine rings is 1. The van der Waals surface area contributed by atoms with Gasteiger partial charge in [0.1, 0.15) is 11.6 Å². The van der Waals surface area contributed by atoms with Crippen molar-refractivity contribution in [2.45, 2.75) is 40.3 Å². The molecule has 2 amide bonds. The minimum Gasteiger partial charge on any atom is -0.493 e. The SMILES string of the molecule is CCOc1cc(CN2CCc3c(cc(Cn4ccnc4C)cc3-c3cn(C)nc3C)C2=O)ncc1C(N)=O. The van der Waals surface area contributed by atoms with Crippen molar-refractivity contribution in [3.05, 3.63) is 82.5 Å². The maximum Gasteiger partial charge on any atom is 0.254 e. The summed E-state index contributed by atoms with van der Waals surface area (Å²) in [7, 11) is 1.90. The van der Waals surface area contributed by atoms with Crippen molar-refractivity contribution in [2.75, 3.05) is 13.2 Å². The zero-order valence-electron chi connectivity index (χ0n) is 22.1. The number of benzene rings is 1. The van der Waals surface area contributed by atoms with Crippen LogP contribution in [0, 0.1) is 13.8 Å². The predicted octanol–water partition coefficient (Wildman–Crippen LogP) is 3.04. The molecule has 1 aromatic carbocycles. The van der Waals surface area contributed by atoms with Gasteiger partial charge in [0.2, 0.25) is 0 Å². The Morgan fingerprint density at radius 1 is 1.11 bits per heavy atom. The molecule has 0 aliphatic carbocycles. The number of imidazole rings is 1. The topological polar surface area (TPSA) is 121 Å². The fraction of sp³-hybridized carbons (Fsp3) is 0.321. The number of rotatable bonds is 8. The van der Waals surface area contributed by atoms with Gasteiger partial charge < -0.3 is 19.9 Å². The van der Waals surface area contributed by atoms with Crippen molar-refractivity contribution in [1.82, 2.24) is 29.2 Å². The highest BCUT2D eigenvalue weighted by atomic mass is 16.5. The summed E-state index contributed by atoms with van der Waals surface area (Å²) < 4.78 is 9.47. The van der Waals surface area contributed by atoms with Gasteiger partial charge in [0, 0.05) is 62.1 Å². The van der Waals surface area contributed by atoms with Crippen LogP contribution in [0.4, 0.5) is 0 Å². The van der Waals surface area contributed by atoms with E-state index in [1.807, 2.05) is 46.3 Å². The lowest BCUT2D eigenvalue weighted by atomic mass is 9.88. The highest BCUT2D eigenvalue weighted by molar-refractivity contribution is 5.99. The van der Waals surface area contributed by atoms with E-state index in [1.165, 1.54) is 6.20 Å². The number of amides is 2. The lowest BCUT2D eigenvalue weighted by molar-refractivity contribution is 0.0724. The molecular formula is C28H31N7O3. The minimum atomic E-state index is -0.602. The van der Waals surface area contributed by atoms with E-state index in [9.17, 15) is 9.59 Å². The maximum absolute atomic E-state index is 13.9. The fourth-order valence-electron chi connectivity index (χ4n) is 5.04. The minimum absolute atomic E-state index is 0.0583. The number of aromatic nitrogens is 5. The van der Waals surface area contributed by atoms with E-state index >= 15 is 0 Å². The van der Waals surface area contributed by atoms with Crippen molar-refractivity contribution >= 4 is 11.8 Å². The third-order valence-electron chi connectivity index (χ3n) is 6.88. The van der Waals surface area contributed by atoms with Crippen LogP contribution in [0.3, 0.4) is 0 Å². The van der Waals surface area contributed by atoms with Gasteiger partial charge in [-0.2, -0.15) is 5.10 Å². The Labute approximate surface area is 221 Å². The van der Waals surface area contributed by atoms with Crippen LogP contribution in [0.5, 0.6) is 5.75 Å². The Balaban J connectivity index is 1.52. The molecule has 5 rings (SSSR count). The van der Waals surface area contributed by atoms with Gasteiger partial charge >= 0.3 is 0 Å². The Hall–Kier alpha value is -4.47. The first-order valence-corrected chi connectivity index (χ1v) is 12.6. The van der Waals surface area contributed by atoms with Crippen LogP contribution < -0.4 is 10.5 Å². The molecular weight excluding hydrogens is 482 g/mol. The van der Waals surface area contributed by atoms with Gasteiger partial charge in [-0.25, -0.2) is 4.98 Å². The molecule has 4 aromatic rings. The molecule has 196 valence electrons. The quantitative estimate of drug-likeness (QED) is 0.387. The average molecular weight is 514 g/mol. The van der Waals surface area contributed by atoms with Gasteiger partial charge in [-0.1, -0.05) is 0 Å². The van der Waals surface area contributed by atoms with Crippen LogP contribution in [-0.4, -0.2) is 54.2 Å². The summed E-state index contributed by atoms with van der Waals surface area (Å²) in [4.78, 5) is 36.1. The number of fused-ring (bicyclic) bond motifs is 1. The van der Waals surface area contributed by atoms with Crippen molar-refractivity contribution in [2.24, 2.45) is 12.8 Å². The Kier molecular flexibility index (Phi) is 6.71. The molecule has 4 heterocycles. The Morgan fingerprint density at radius 3 is 2.55 bits per heavy atom. The fourth-order valence-corrected chi connectivity index (χ4v) is 5.04. The third kappa shape index (κ3) is 4.77. The lowest BCUT2D eigenvalue weighted by Crippen LogP contribution is -2.37. The zero-order chi connectivity index (χ0) is 27.0. The second-order valence-corrected chi connectivity index (χ2v) is 9.52. The van der Waals surface area contributed by atoms with Crippen molar-refractivity contribution < 1.29 is 14.3 Å². The van der Waals surface area contributed by atoms with Crippen molar-refractivity contribution in [1.29, 1.82) is 0 Å². The number of hydrogen-bond acceptors (Lipinski definition) is 6. The number of nitrogens with zero attached hydrogens (tertiary/aromatic N) is 6. The smallest absolute Gasteiger partial charge is 0.254 e. The summed E-state index contributed by atoms with van der Waals surface area (Å²) in [5, 5.41) is 4.54. The number of aryl methyl sites for hydroxylation is 3. The number of carbonyl (C=O) groups is 2. The number of hydrogen-bond donors (Lipinski definition) is 1. The second-order valence-electron chi connectivity index (χ2n) is 9.52. The maximum atomic E-state index is 13.9. The van der Waals surface area contributed by atoms with E-state index in [0.29, 0.717) is 49.7 Å². The van der Waals surface area contributed by atoms with Crippen LogP contribution in [0.1, 0.15) is 56.0 Å². The normalized spacial score (nSPS) is 13.1. The first-order valence-electron chi connectivity index (χ1n) is 12.6. The summed E-state index contributed by atoms with van der Waals surface area (Å²) in [5.41, 5.74) is 12.0. The molecule has 0 fully saturated rings. The molecule has 2 N–H and O–H groups in total. The molecule has 38 heavy (non-hydrogen) atoms. The van der Waals surface area contributed by atoms with E-state index in [1.54, 1.807) is 21.8 Å². The summed E-state index contributed by atoms with van der Waals surface area (Å²) in [5.74, 6) is 0.624. The lowest BCUT2D eigenvalue weighted by Gasteiger charge is -2.30. The molecule has 10 heteroatoms. The molecule has 0 radical (unpaired) electrons. The molecule has 1 aliphatic rings. The Bertz CT molecular complexity index is 1540. The number of carbonyl (C=O) groups excluding carboxylic acids is 2. The van der Waals surface area contributed by atoms with Gasteiger partial charge in [-0.3, -0.25) is 19.3 Å². The van der Waals surface area contributed by atoms with Crippen molar-refractivity contribution in [3.63, 3.8) is 0 Å². The van der Waals surface area contributed by atoms with Gasteiger partial charge in [0.25, 0.3) is 11.8 Å². The molecule has 3 aromatic heterocycles. The standard InChI is InChI=1S/C28H31N7O3/c1-5-38-26-12-20(31-13-24(26)27(29)36)15-35-8-6-21-22(25-16-33(4)32-17(25)2)10-19(11-23(21)28(35)37)14-34-9-7-30-18(34)3/h7,9-13,16H,5-6,8,14-15H2,1-4H3,(H2,29,36). The van der Waals surface area contributed by atoms with Gasteiger partial charge in [0.05, 0.1) is 30.1 Å². The first kappa shape index (κ1) is 25.2. The molecule has 0 bridgehead atoms. The van der Waals surface area contributed by atoms with E-state index < -0.39 is 5.91 Å². The van der Waals surface area contributed by atoms with Crippen LogP contribution in [-0.2, 0) is 26.6 Å². The zero-order valence-corrected chi connectivity index (χ0v) is 22.1. The van der Waals surface area contributed by atoms with E-state index in [4.69, 9.17) is 10.5 Å². The molecule has 10 nitrogen and oxygen atoms in total. The number of ether oxygens (including phenoxy) is 1. The van der Waals surface area contributed by atoms with E-state index in [0.717, 1.165) is 33.8 Å². The molecule has 0 atom stereocenters. The van der Waals surface area contributed by atoms with Crippen LogP contribution in [0.15, 0.2) is 43.0 Å². The average Bonchev–Trinajstić information content (AvgIpc) is 3.44. The summed E-state index contributed by atoms with van der Waals surface area (Å²) in [6.07, 6.45) is 7.84. The van der Waals surface area contributed by atoms with Crippen molar-refractivity contribution in [3.8, 4) is 16.9 Å². The van der Waals surface area contributed by atoms with E-state index in [-0.39, 0.29) is 11.5 Å². The van der Waals surface area contributed by atoms with Crippen LogP contribution in [0.2, 0.25) is 0 Å². The number of nitrogens with two attached hydrogens (primary N) is 1. The largest absolute Gasteiger partial charge is 0.493 e. The third-order valence-corrected chi connectivity index (χ3v) is 6.88. The molecule has 0 spiro atoms. The summed E-state index contributed by atoms with van der Waals surface area (Å²) >= 11 is 0.